The quantitative estimate of drug-likeness (QED) is 0.226. The first-order valence-corrected chi connectivity index (χ1v) is 2.67. The van der Waals surface area contributed by atoms with Gasteiger partial charge in [0.2, 0.25) is 0 Å². The van der Waals surface area contributed by atoms with Crippen molar-refractivity contribution in [1.29, 1.82) is 5.26 Å². The molecule has 0 aromatic rings. The lowest BCUT2D eigenvalue weighted by Crippen LogP contribution is -2.30. The summed E-state index contributed by atoms with van der Waals surface area (Å²) in [5.41, 5.74) is 1.51. The average molecular weight is 152 g/mol. The summed E-state index contributed by atoms with van der Waals surface area (Å²) in [4.78, 5) is 21.4. The van der Waals surface area contributed by atoms with Crippen LogP contribution in [-0.4, -0.2) is 11.8 Å². The van der Waals surface area contributed by atoms with Gasteiger partial charge in [-0.3, -0.25) is 20.7 Å². The van der Waals surface area contributed by atoms with Gasteiger partial charge in [0.25, 0.3) is 11.8 Å². The van der Waals surface area contributed by atoms with Crippen LogP contribution in [0, 0.1) is 11.3 Å². The molecule has 6 heteroatoms. The second-order valence-corrected chi connectivity index (χ2v) is 1.79. The van der Waals surface area contributed by atoms with E-state index in [2.05, 4.69) is 0 Å². The topological polar surface area (TPSA) is 108 Å². The van der Waals surface area contributed by atoms with Crippen LogP contribution in [0.1, 0.15) is 0 Å². The molecule has 1 heterocycles. The predicted octanol–water partition coefficient (Wildman–Crippen LogP) is -2.12. The number of nitrogens with one attached hydrogen (secondary N) is 2. The summed E-state index contributed by atoms with van der Waals surface area (Å²) in [6.07, 6.45) is 0. The maximum atomic E-state index is 10.7. The van der Waals surface area contributed by atoms with E-state index in [4.69, 9.17) is 11.1 Å². The smallest absolute Gasteiger partial charge is 0.277 e. The standard InChI is InChI=1S/C5H4N4O2/c6-1-2-3(9-7)5(11)8-4(2)10/h7H2,(H2,8,9,10,11). The summed E-state index contributed by atoms with van der Waals surface area (Å²) in [7, 11) is 0. The van der Waals surface area contributed by atoms with E-state index < -0.39 is 11.8 Å². The molecule has 1 rings (SSSR count). The zero-order valence-electron chi connectivity index (χ0n) is 5.34. The van der Waals surface area contributed by atoms with Gasteiger partial charge in [0.05, 0.1) is 0 Å². The van der Waals surface area contributed by atoms with Gasteiger partial charge < -0.3 is 5.43 Å². The molecule has 56 valence electrons. The van der Waals surface area contributed by atoms with Crippen LogP contribution in [0.15, 0.2) is 11.3 Å². The Morgan fingerprint density at radius 3 is 2.45 bits per heavy atom. The van der Waals surface area contributed by atoms with E-state index in [0.29, 0.717) is 0 Å². The molecule has 0 aromatic carbocycles. The summed E-state index contributed by atoms with van der Waals surface area (Å²) < 4.78 is 0. The van der Waals surface area contributed by atoms with Crippen molar-refractivity contribution in [2.24, 2.45) is 5.84 Å². The third kappa shape index (κ3) is 0.929. The average Bonchev–Trinajstić information content (AvgIpc) is 2.24. The van der Waals surface area contributed by atoms with Crippen molar-refractivity contribution in [1.82, 2.24) is 10.7 Å². The first-order chi connectivity index (χ1) is 5.20. The van der Waals surface area contributed by atoms with Crippen LogP contribution < -0.4 is 16.6 Å². The fraction of sp³-hybridized carbons (Fsp3) is 0. The minimum absolute atomic E-state index is 0.183. The van der Waals surface area contributed by atoms with E-state index in [1.54, 1.807) is 6.07 Å². The number of nitrogens with two attached hydrogens (primary N) is 1. The number of imide groups is 1. The summed E-state index contributed by atoms with van der Waals surface area (Å²) >= 11 is 0. The van der Waals surface area contributed by atoms with Crippen LogP contribution >= 0.6 is 0 Å². The highest BCUT2D eigenvalue weighted by Gasteiger charge is 2.29. The fourth-order valence-corrected chi connectivity index (χ4v) is 0.700. The van der Waals surface area contributed by atoms with E-state index in [9.17, 15) is 9.59 Å². The van der Waals surface area contributed by atoms with Crippen LogP contribution in [-0.2, 0) is 9.59 Å². The van der Waals surface area contributed by atoms with Gasteiger partial charge in [-0.25, -0.2) is 0 Å². The van der Waals surface area contributed by atoms with Gasteiger partial charge >= 0.3 is 0 Å². The van der Waals surface area contributed by atoms with E-state index in [-0.39, 0.29) is 11.3 Å². The molecule has 0 saturated heterocycles. The second-order valence-electron chi connectivity index (χ2n) is 1.79. The van der Waals surface area contributed by atoms with E-state index in [1.807, 2.05) is 10.7 Å². The molecular weight excluding hydrogens is 148 g/mol. The highest BCUT2D eigenvalue weighted by Crippen LogP contribution is 2.06. The second kappa shape index (κ2) is 2.40. The molecule has 0 radical (unpaired) electrons. The Morgan fingerprint density at radius 2 is 2.09 bits per heavy atom. The molecule has 0 saturated carbocycles. The Morgan fingerprint density at radius 1 is 1.45 bits per heavy atom. The van der Waals surface area contributed by atoms with Crippen LogP contribution in [0.3, 0.4) is 0 Å². The van der Waals surface area contributed by atoms with Crippen molar-refractivity contribution in [3.8, 4) is 6.07 Å². The van der Waals surface area contributed by atoms with Crippen LogP contribution in [0.25, 0.3) is 0 Å². The van der Waals surface area contributed by atoms with Crippen LogP contribution in [0.4, 0.5) is 0 Å². The molecule has 0 unspecified atom stereocenters. The van der Waals surface area contributed by atoms with Crippen molar-refractivity contribution in [2.45, 2.75) is 0 Å². The highest BCUT2D eigenvalue weighted by atomic mass is 16.2. The summed E-state index contributed by atoms with van der Waals surface area (Å²) in [6, 6.07) is 1.55. The fourth-order valence-electron chi connectivity index (χ4n) is 0.700. The lowest BCUT2D eigenvalue weighted by Gasteiger charge is -1.93. The first-order valence-electron chi connectivity index (χ1n) is 2.67. The Hall–Kier alpha value is -1.87. The summed E-state index contributed by atoms with van der Waals surface area (Å²) in [5, 5.41) is 10.2. The molecule has 0 fully saturated rings. The molecule has 6 nitrogen and oxygen atoms in total. The van der Waals surface area contributed by atoms with Gasteiger partial charge in [-0.1, -0.05) is 0 Å². The largest absolute Gasteiger partial charge is 0.318 e. The van der Waals surface area contributed by atoms with Gasteiger partial charge in [0.15, 0.2) is 0 Å². The van der Waals surface area contributed by atoms with Crippen LogP contribution in [0.5, 0.6) is 0 Å². The molecule has 1 aliphatic rings. The summed E-state index contributed by atoms with van der Waals surface area (Å²) in [5.74, 6) is 3.49. The highest BCUT2D eigenvalue weighted by molar-refractivity contribution is 6.20. The SMILES string of the molecule is N#CC1=C(NN)C(=O)NC1=O. The van der Waals surface area contributed by atoms with Crippen molar-refractivity contribution in [2.75, 3.05) is 0 Å². The number of amides is 2. The monoisotopic (exact) mass is 152 g/mol. The number of carbonyl (C=O) groups is 2. The predicted molar refractivity (Wildman–Crippen MR) is 33.1 cm³/mol. The molecule has 2 amide bonds. The van der Waals surface area contributed by atoms with Gasteiger partial charge in [0.1, 0.15) is 17.3 Å². The molecule has 0 aromatic heterocycles. The molecule has 0 aliphatic carbocycles. The number of carbonyl (C=O) groups excluding carboxylic acids is 2. The van der Waals surface area contributed by atoms with Crippen molar-refractivity contribution < 1.29 is 9.59 Å². The Kier molecular flexibility index (Phi) is 1.58. The van der Waals surface area contributed by atoms with Gasteiger partial charge in [0, 0.05) is 0 Å². The third-order valence-electron chi connectivity index (χ3n) is 1.19. The van der Waals surface area contributed by atoms with Crippen LogP contribution in [0.2, 0.25) is 0 Å². The Labute approximate surface area is 61.6 Å². The molecule has 0 atom stereocenters. The Balaban J connectivity index is 3.15. The number of rotatable bonds is 1. The molecule has 0 spiro atoms. The number of nitriles is 1. The molecule has 0 bridgehead atoms. The maximum absolute atomic E-state index is 10.7. The van der Waals surface area contributed by atoms with E-state index >= 15 is 0 Å². The van der Waals surface area contributed by atoms with E-state index in [1.165, 1.54) is 0 Å². The Bertz CT molecular complexity index is 298. The number of hydrazine groups is 1. The lowest BCUT2D eigenvalue weighted by atomic mass is 10.2. The molecular formula is C5H4N4O2. The van der Waals surface area contributed by atoms with Gasteiger partial charge in [-0.05, 0) is 0 Å². The number of nitrogens with zero attached hydrogens (tertiary/aromatic N) is 1. The minimum Gasteiger partial charge on any atom is -0.318 e. The number of hydrogen-bond donors (Lipinski definition) is 3. The molecule has 11 heavy (non-hydrogen) atoms. The van der Waals surface area contributed by atoms with Gasteiger partial charge in [-0.2, -0.15) is 5.26 Å². The first kappa shape index (κ1) is 7.24. The third-order valence-corrected chi connectivity index (χ3v) is 1.19. The normalized spacial score (nSPS) is 16.4. The molecule has 4 N–H and O–H groups in total. The van der Waals surface area contributed by atoms with Crippen molar-refractivity contribution in [3.05, 3.63) is 11.3 Å². The maximum Gasteiger partial charge on any atom is 0.277 e. The molecule has 1 aliphatic heterocycles. The number of hydrogen-bond acceptors (Lipinski definition) is 5. The van der Waals surface area contributed by atoms with Gasteiger partial charge in [-0.15, -0.1) is 0 Å². The zero-order valence-corrected chi connectivity index (χ0v) is 5.34. The summed E-state index contributed by atoms with van der Waals surface area (Å²) in [6.45, 7) is 0. The minimum atomic E-state index is -0.717. The zero-order chi connectivity index (χ0) is 8.43. The van der Waals surface area contributed by atoms with E-state index in [0.717, 1.165) is 0 Å². The van der Waals surface area contributed by atoms with Crippen molar-refractivity contribution in [3.63, 3.8) is 0 Å². The lowest BCUT2D eigenvalue weighted by molar-refractivity contribution is -0.124. The van der Waals surface area contributed by atoms with Crippen molar-refractivity contribution >= 4 is 11.8 Å².